The molecule has 1 N–H and O–H groups in total. The van der Waals surface area contributed by atoms with Gasteiger partial charge in [0.1, 0.15) is 6.04 Å². The SMILES string of the molecule is CCCCCCCN1C(=O)C(C)Nc2cc(OC)c(OC)cc21. The maximum absolute atomic E-state index is 12.6. The monoisotopic (exact) mass is 320 g/mol. The minimum absolute atomic E-state index is 0.111. The fraction of sp³-hybridized carbons (Fsp3) is 0.611. The number of carbonyl (C=O) groups is 1. The summed E-state index contributed by atoms with van der Waals surface area (Å²) in [6.45, 7) is 4.85. The number of nitrogens with one attached hydrogen (secondary N) is 1. The Morgan fingerprint density at radius 2 is 1.74 bits per heavy atom. The first kappa shape index (κ1) is 17.4. The van der Waals surface area contributed by atoms with Crippen LogP contribution in [-0.2, 0) is 4.79 Å². The van der Waals surface area contributed by atoms with Gasteiger partial charge in [-0.05, 0) is 13.3 Å². The van der Waals surface area contributed by atoms with E-state index in [-0.39, 0.29) is 11.9 Å². The smallest absolute Gasteiger partial charge is 0.249 e. The van der Waals surface area contributed by atoms with Crippen molar-refractivity contribution in [3.63, 3.8) is 0 Å². The standard InChI is InChI=1S/C18H28N2O3/c1-5-6-7-8-9-10-20-15-12-17(23-4)16(22-3)11-14(15)19-13(2)18(20)21/h11-13,19H,5-10H2,1-4H3. The average molecular weight is 320 g/mol. The van der Waals surface area contributed by atoms with Crippen LogP contribution in [0.2, 0.25) is 0 Å². The number of fused-ring (bicyclic) bond motifs is 1. The van der Waals surface area contributed by atoms with Crippen LogP contribution < -0.4 is 19.7 Å². The van der Waals surface area contributed by atoms with Crippen LogP contribution in [-0.4, -0.2) is 32.7 Å². The highest BCUT2D eigenvalue weighted by Gasteiger charge is 2.30. The number of ether oxygens (including phenoxy) is 2. The number of nitrogens with zero attached hydrogens (tertiary/aromatic N) is 1. The molecule has 0 bridgehead atoms. The summed E-state index contributed by atoms with van der Waals surface area (Å²) in [5.74, 6) is 1.43. The van der Waals surface area contributed by atoms with Gasteiger partial charge in [0.25, 0.3) is 0 Å². The summed E-state index contributed by atoms with van der Waals surface area (Å²) in [6.07, 6.45) is 5.89. The topological polar surface area (TPSA) is 50.8 Å². The van der Waals surface area contributed by atoms with Crippen molar-refractivity contribution in [2.75, 3.05) is 31.0 Å². The van der Waals surface area contributed by atoms with E-state index in [1.807, 2.05) is 24.0 Å². The third kappa shape index (κ3) is 3.89. The third-order valence-electron chi connectivity index (χ3n) is 4.29. The number of rotatable bonds is 8. The number of hydrogen-bond donors (Lipinski definition) is 1. The third-order valence-corrected chi connectivity index (χ3v) is 4.29. The van der Waals surface area contributed by atoms with Gasteiger partial charge in [-0.3, -0.25) is 4.79 Å². The summed E-state index contributed by atoms with van der Waals surface area (Å²) in [7, 11) is 3.23. The predicted molar refractivity (Wildman–Crippen MR) is 93.7 cm³/mol. The van der Waals surface area contributed by atoms with E-state index in [4.69, 9.17) is 9.47 Å². The molecule has 1 heterocycles. The van der Waals surface area contributed by atoms with Crippen LogP contribution in [0.25, 0.3) is 0 Å². The van der Waals surface area contributed by atoms with E-state index in [2.05, 4.69) is 12.2 Å². The van der Waals surface area contributed by atoms with Gasteiger partial charge >= 0.3 is 0 Å². The van der Waals surface area contributed by atoms with Crippen LogP contribution >= 0.6 is 0 Å². The number of amides is 1. The summed E-state index contributed by atoms with van der Waals surface area (Å²) in [5.41, 5.74) is 1.80. The maximum Gasteiger partial charge on any atom is 0.249 e. The molecule has 128 valence electrons. The fourth-order valence-corrected chi connectivity index (χ4v) is 2.96. The number of unbranched alkanes of at least 4 members (excludes halogenated alkanes) is 4. The highest BCUT2D eigenvalue weighted by Crippen LogP contribution is 2.41. The van der Waals surface area contributed by atoms with E-state index >= 15 is 0 Å². The average Bonchev–Trinajstić information content (AvgIpc) is 2.56. The lowest BCUT2D eigenvalue weighted by Gasteiger charge is -2.34. The van der Waals surface area contributed by atoms with Crippen molar-refractivity contribution in [2.45, 2.75) is 52.0 Å². The minimum atomic E-state index is -0.226. The Bertz CT molecular complexity index is 545. The minimum Gasteiger partial charge on any atom is -0.493 e. The van der Waals surface area contributed by atoms with Crippen molar-refractivity contribution in [1.82, 2.24) is 0 Å². The molecular weight excluding hydrogens is 292 g/mol. The lowest BCUT2D eigenvalue weighted by Crippen LogP contribution is -2.46. The fourth-order valence-electron chi connectivity index (χ4n) is 2.96. The maximum atomic E-state index is 12.6. The number of hydrogen-bond acceptors (Lipinski definition) is 4. The lowest BCUT2D eigenvalue weighted by molar-refractivity contribution is -0.119. The summed E-state index contributed by atoms with van der Waals surface area (Å²) >= 11 is 0. The largest absolute Gasteiger partial charge is 0.493 e. The van der Waals surface area contributed by atoms with Gasteiger partial charge in [0, 0.05) is 18.7 Å². The second kappa shape index (κ2) is 8.09. The van der Waals surface area contributed by atoms with E-state index in [9.17, 15) is 4.79 Å². The second-order valence-electron chi connectivity index (χ2n) is 5.99. The van der Waals surface area contributed by atoms with Crippen LogP contribution in [0.3, 0.4) is 0 Å². The number of anilines is 2. The molecule has 1 aromatic carbocycles. The van der Waals surface area contributed by atoms with Crippen LogP contribution in [0.15, 0.2) is 12.1 Å². The van der Waals surface area contributed by atoms with Crippen molar-refractivity contribution >= 4 is 17.3 Å². The molecule has 1 aliphatic heterocycles. The molecule has 1 unspecified atom stereocenters. The van der Waals surface area contributed by atoms with Crippen LogP contribution in [0.1, 0.15) is 46.0 Å². The zero-order valence-corrected chi connectivity index (χ0v) is 14.6. The molecule has 0 saturated carbocycles. The molecule has 1 amide bonds. The quantitative estimate of drug-likeness (QED) is 0.740. The number of methoxy groups -OCH3 is 2. The van der Waals surface area contributed by atoms with E-state index < -0.39 is 0 Å². The Labute approximate surface area is 139 Å². The van der Waals surface area contributed by atoms with Gasteiger partial charge in [-0.1, -0.05) is 32.6 Å². The summed E-state index contributed by atoms with van der Waals surface area (Å²) in [5, 5.41) is 3.25. The molecule has 1 atom stereocenters. The highest BCUT2D eigenvalue weighted by molar-refractivity contribution is 6.05. The Hall–Kier alpha value is -1.91. The summed E-state index contributed by atoms with van der Waals surface area (Å²) < 4.78 is 10.7. The molecule has 0 spiro atoms. The van der Waals surface area contributed by atoms with Crippen molar-refractivity contribution in [2.24, 2.45) is 0 Å². The first-order chi connectivity index (χ1) is 11.1. The van der Waals surface area contributed by atoms with Crippen LogP contribution in [0.4, 0.5) is 11.4 Å². The van der Waals surface area contributed by atoms with Gasteiger partial charge in [0.15, 0.2) is 11.5 Å². The Morgan fingerprint density at radius 3 is 2.39 bits per heavy atom. The molecular formula is C18H28N2O3. The van der Waals surface area contributed by atoms with Gasteiger partial charge < -0.3 is 19.7 Å². The molecule has 5 nitrogen and oxygen atoms in total. The molecule has 0 aliphatic carbocycles. The molecule has 23 heavy (non-hydrogen) atoms. The second-order valence-corrected chi connectivity index (χ2v) is 5.99. The highest BCUT2D eigenvalue weighted by atomic mass is 16.5. The molecule has 0 radical (unpaired) electrons. The predicted octanol–water partition coefficient (Wildman–Crippen LogP) is 3.82. The number of carbonyl (C=O) groups excluding carboxylic acids is 1. The van der Waals surface area contributed by atoms with Gasteiger partial charge in [-0.15, -0.1) is 0 Å². The zero-order chi connectivity index (χ0) is 16.8. The number of benzene rings is 1. The molecule has 1 aliphatic rings. The van der Waals surface area contributed by atoms with E-state index in [0.29, 0.717) is 11.5 Å². The van der Waals surface area contributed by atoms with Crippen molar-refractivity contribution in [3.8, 4) is 11.5 Å². The Kier molecular flexibility index (Phi) is 6.13. The first-order valence-electron chi connectivity index (χ1n) is 8.46. The van der Waals surface area contributed by atoms with Crippen molar-refractivity contribution in [3.05, 3.63) is 12.1 Å². The van der Waals surface area contributed by atoms with E-state index in [1.54, 1.807) is 14.2 Å². The summed E-state index contributed by atoms with van der Waals surface area (Å²) in [4.78, 5) is 14.4. The first-order valence-corrected chi connectivity index (χ1v) is 8.46. The Balaban J connectivity index is 2.20. The lowest BCUT2D eigenvalue weighted by atomic mass is 10.1. The van der Waals surface area contributed by atoms with E-state index in [0.717, 1.165) is 30.8 Å². The van der Waals surface area contributed by atoms with Gasteiger partial charge in [-0.25, -0.2) is 0 Å². The van der Waals surface area contributed by atoms with Crippen LogP contribution in [0, 0.1) is 0 Å². The van der Waals surface area contributed by atoms with Gasteiger partial charge in [0.2, 0.25) is 5.91 Å². The molecule has 2 rings (SSSR count). The van der Waals surface area contributed by atoms with Gasteiger partial charge in [-0.2, -0.15) is 0 Å². The van der Waals surface area contributed by atoms with Crippen molar-refractivity contribution < 1.29 is 14.3 Å². The molecule has 5 heteroatoms. The molecule has 0 saturated heterocycles. The molecule has 0 fully saturated rings. The normalized spacial score (nSPS) is 16.8. The Morgan fingerprint density at radius 1 is 1.09 bits per heavy atom. The van der Waals surface area contributed by atoms with Gasteiger partial charge in [0.05, 0.1) is 25.6 Å². The van der Waals surface area contributed by atoms with Crippen molar-refractivity contribution in [1.29, 1.82) is 0 Å². The molecule has 0 aromatic heterocycles. The summed E-state index contributed by atoms with van der Waals surface area (Å²) in [6, 6.07) is 3.56. The van der Waals surface area contributed by atoms with E-state index in [1.165, 1.54) is 19.3 Å². The molecule has 1 aromatic rings. The zero-order valence-electron chi connectivity index (χ0n) is 14.6. The van der Waals surface area contributed by atoms with Crippen LogP contribution in [0.5, 0.6) is 11.5 Å².